The van der Waals surface area contributed by atoms with Gasteiger partial charge in [0.05, 0.1) is 33.2 Å². The first-order valence-corrected chi connectivity index (χ1v) is 11.5. The molecule has 0 radical (unpaired) electrons. The van der Waals surface area contributed by atoms with Crippen LogP contribution >= 0.6 is 11.6 Å². The summed E-state index contributed by atoms with van der Waals surface area (Å²) < 4.78 is 12.5. The van der Waals surface area contributed by atoms with E-state index >= 15 is 0 Å². The maximum Gasteiger partial charge on any atom is 0.267 e. The molecule has 1 aliphatic rings. The van der Waals surface area contributed by atoms with Crippen LogP contribution in [0.25, 0.3) is 16.6 Å². The fourth-order valence-corrected chi connectivity index (χ4v) is 4.34. The van der Waals surface area contributed by atoms with E-state index < -0.39 is 17.4 Å². The standard InChI is InChI=1S/C25H25ClN6O3/c1-4-25(3,31-22(29)15(11-27)12-28)14(2)23-30-18-7-5-6-17(26)21(18)24(33)32(23)16-8-9-19-20(10-16)35-13-34-19/h5-11,14-15,27H,4,13H2,1-3H3,(H2,29,31). The van der Waals surface area contributed by atoms with E-state index in [-0.39, 0.29) is 18.2 Å². The zero-order valence-corrected chi connectivity index (χ0v) is 20.3. The lowest BCUT2D eigenvalue weighted by Crippen LogP contribution is -2.38. The normalized spacial score (nSPS) is 16.4. The largest absolute Gasteiger partial charge is 0.454 e. The molecule has 2 heterocycles. The van der Waals surface area contributed by atoms with Gasteiger partial charge in [-0.1, -0.05) is 31.5 Å². The van der Waals surface area contributed by atoms with Crippen LogP contribution in [0.2, 0.25) is 5.02 Å². The summed E-state index contributed by atoms with van der Waals surface area (Å²) in [6.45, 7) is 5.85. The van der Waals surface area contributed by atoms with Crippen LogP contribution in [0, 0.1) is 22.7 Å². The van der Waals surface area contributed by atoms with Gasteiger partial charge in [-0.3, -0.25) is 14.4 Å². The van der Waals surface area contributed by atoms with Crippen molar-refractivity contribution in [2.24, 2.45) is 16.6 Å². The van der Waals surface area contributed by atoms with Crippen LogP contribution in [-0.2, 0) is 0 Å². The molecule has 3 atom stereocenters. The predicted octanol–water partition coefficient (Wildman–Crippen LogP) is 4.19. The number of ether oxygens (including phenoxy) is 2. The number of fused-ring (bicyclic) bond motifs is 2. The molecule has 0 saturated carbocycles. The van der Waals surface area contributed by atoms with Crippen LogP contribution in [0.1, 0.15) is 38.9 Å². The molecule has 0 spiro atoms. The summed E-state index contributed by atoms with van der Waals surface area (Å²) in [5.41, 5.74) is 5.96. The SMILES string of the molecule is CCC(C)(N=C(N)C(C#N)C=N)C(C)c1nc2cccc(Cl)c2c(=O)n1-c1ccc2c(c1)OCO2. The van der Waals surface area contributed by atoms with Gasteiger partial charge < -0.3 is 20.6 Å². The molecule has 1 aromatic heterocycles. The fraction of sp³-hybridized carbons (Fsp3) is 0.320. The number of nitriles is 1. The van der Waals surface area contributed by atoms with Gasteiger partial charge in [0.2, 0.25) is 6.79 Å². The summed E-state index contributed by atoms with van der Waals surface area (Å²) in [6, 6.07) is 12.3. The van der Waals surface area contributed by atoms with Crippen molar-refractivity contribution in [3.8, 4) is 23.3 Å². The Hall–Kier alpha value is -3.90. The van der Waals surface area contributed by atoms with Crippen LogP contribution in [0.4, 0.5) is 0 Å². The van der Waals surface area contributed by atoms with Gasteiger partial charge in [0.25, 0.3) is 5.56 Å². The molecule has 180 valence electrons. The number of amidine groups is 1. The van der Waals surface area contributed by atoms with Gasteiger partial charge in [0.1, 0.15) is 17.6 Å². The third-order valence-corrected chi connectivity index (χ3v) is 6.85. The Morgan fingerprint density at radius 1 is 1.40 bits per heavy atom. The number of nitrogens with two attached hydrogens (primary N) is 1. The number of nitrogens with one attached hydrogen (secondary N) is 1. The number of hydrogen-bond donors (Lipinski definition) is 2. The van der Waals surface area contributed by atoms with E-state index in [1.165, 1.54) is 4.57 Å². The van der Waals surface area contributed by atoms with Gasteiger partial charge in [-0.05, 0) is 37.6 Å². The first-order valence-electron chi connectivity index (χ1n) is 11.1. The summed E-state index contributed by atoms with van der Waals surface area (Å²) in [5.74, 6) is 0.251. The lowest BCUT2D eigenvalue weighted by atomic mass is 9.83. The minimum Gasteiger partial charge on any atom is -0.454 e. The van der Waals surface area contributed by atoms with Gasteiger partial charge >= 0.3 is 0 Å². The molecule has 0 aliphatic carbocycles. The van der Waals surface area contributed by atoms with Crippen molar-refractivity contribution in [3.63, 3.8) is 0 Å². The average molecular weight is 493 g/mol. The summed E-state index contributed by atoms with van der Waals surface area (Å²) in [5, 5.41) is 17.4. The Morgan fingerprint density at radius 2 is 2.14 bits per heavy atom. The number of benzene rings is 2. The molecule has 3 unspecified atom stereocenters. The minimum absolute atomic E-state index is 0.0412. The van der Waals surface area contributed by atoms with Crippen LogP contribution in [0.15, 0.2) is 46.2 Å². The van der Waals surface area contributed by atoms with Crippen molar-refractivity contribution in [1.82, 2.24) is 9.55 Å². The van der Waals surface area contributed by atoms with E-state index in [0.29, 0.717) is 45.4 Å². The molecule has 2 aromatic carbocycles. The second-order valence-electron chi connectivity index (χ2n) is 8.52. The summed E-state index contributed by atoms with van der Waals surface area (Å²) >= 11 is 6.41. The highest BCUT2D eigenvalue weighted by Gasteiger charge is 2.35. The molecule has 35 heavy (non-hydrogen) atoms. The van der Waals surface area contributed by atoms with E-state index in [0.717, 1.165) is 6.21 Å². The zero-order chi connectivity index (χ0) is 25.3. The Labute approximate surface area is 207 Å². The van der Waals surface area contributed by atoms with Crippen LogP contribution in [0.3, 0.4) is 0 Å². The highest BCUT2D eigenvalue weighted by Crippen LogP contribution is 2.37. The van der Waals surface area contributed by atoms with Gasteiger partial charge in [0.15, 0.2) is 11.5 Å². The topological polar surface area (TPSA) is 139 Å². The highest BCUT2D eigenvalue weighted by molar-refractivity contribution is 6.35. The van der Waals surface area contributed by atoms with Crippen LogP contribution < -0.4 is 20.8 Å². The number of aliphatic imine (C=N–C) groups is 1. The first-order chi connectivity index (χ1) is 16.7. The number of hydrogen-bond acceptors (Lipinski definition) is 7. The van der Waals surface area contributed by atoms with Gasteiger partial charge in [-0.15, -0.1) is 0 Å². The van der Waals surface area contributed by atoms with Gasteiger partial charge in [-0.2, -0.15) is 5.26 Å². The number of aromatic nitrogens is 2. The Kier molecular flexibility index (Phi) is 6.50. The number of halogens is 1. The van der Waals surface area contributed by atoms with E-state index in [1.807, 2.05) is 26.8 Å². The maximum atomic E-state index is 13.8. The van der Waals surface area contributed by atoms with E-state index in [2.05, 4.69) is 4.99 Å². The molecule has 0 amide bonds. The molecule has 3 N–H and O–H groups in total. The molecule has 0 saturated heterocycles. The fourth-order valence-electron chi connectivity index (χ4n) is 4.08. The lowest BCUT2D eigenvalue weighted by molar-refractivity contribution is 0.174. The molecule has 3 aromatic rings. The summed E-state index contributed by atoms with van der Waals surface area (Å²) in [6.07, 6.45) is 1.49. The van der Waals surface area contributed by atoms with E-state index in [9.17, 15) is 10.1 Å². The van der Waals surface area contributed by atoms with Crippen molar-refractivity contribution in [2.45, 2.75) is 38.6 Å². The quantitative estimate of drug-likeness (QED) is 0.374. The van der Waals surface area contributed by atoms with Crippen molar-refractivity contribution in [2.75, 3.05) is 6.79 Å². The molecule has 0 fully saturated rings. The van der Waals surface area contributed by atoms with Crippen molar-refractivity contribution < 1.29 is 9.47 Å². The smallest absolute Gasteiger partial charge is 0.267 e. The maximum absolute atomic E-state index is 13.8. The third kappa shape index (κ3) is 4.21. The highest BCUT2D eigenvalue weighted by atomic mass is 35.5. The summed E-state index contributed by atoms with van der Waals surface area (Å²) in [7, 11) is 0. The molecule has 0 bridgehead atoms. The third-order valence-electron chi connectivity index (χ3n) is 6.53. The Morgan fingerprint density at radius 3 is 2.83 bits per heavy atom. The van der Waals surface area contributed by atoms with Crippen LogP contribution in [-0.4, -0.2) is 33.9 Å². The van der Waals surface area contributed by atoms with Crippen molar-refractivity contribution in [3.05, 3.63) is 57.6 Å². The average Bonchev–Trinajstić information content (AvgIpc) is 3.32. The lowest BCUT2D eigenvalue weighted by Gasteiger charge is -2.33. The summed E-state index contributed by atoms with van der Waals surface area (Å²) in [4.78, 5) is 23.4. The van der Waals surface area contributed by atoms with Gasteiger partial charge in [-0.25, -0.2) is 4.98 Å². The molecule has 10 heteroatoms. The Balaban J connectivity index is 1.98. The molecular weight excluding hydrogens is 468 g/mol. The van der Waals surface area contributed by atoms with Crippen LogP contribution in [0.5, 0.6) is 11.5 Å². The molecule has 1 aliphatic heterocycles. The second kappa shape index (κ2) is 9.39. The molecule has 9 nitrogen and oxygen atoms in total. The number of nitrogens with zero attached hydrogens (tertiary/aromatic N) is 4. The van der Waals surface area contributed by atoms with Crippen molar-refractivity contribution >= 4 is 34.6 Å². The second-order valence-corrected chi connectivity index (χ2v) is 8.93. The Bertz CT molecular complexity index is 1440. The van der Waals surface area contributed by atoms with Crippen molar-refractivity contribution in [1.29, 1.82) is 10.7 Å². The predicted molar refractivity (Wildman–Crippen MR) is 135 cm³/mol. The number of rotatable bonds is 7. The monoisotopic (exact) mass is 492 g/mol. The first kappa shape index (κ1) is 24.2. The van der Waals surface area contributed by atoms with E-state index in [1.54, 1.807) is 36.4 Å². The molecular formula is C25H25ClN6O3. The minimum atomic E-state index is -0.938. The molecule has 4 rings (SSSR count). The zero-order valence-electron chi connectivity index (χ0n) is 19.6. The van der Waals surface area contributed by atoms with E-state index in [4.69, 9.17) is 37.2 Å². The van der Waals surface area contributed by atoms with Gasteiger partial charge in [0, 0.05) is 18.2 Å².